The van der Waals surface area contributed by atoms with E-state index in [1.165, 1.54) is 51.7 Å². The highest BCUT2D eigenvalue weighted by Crippen LogP contribution is 2.16. The summed E-state index contributed by atoms with van der Waals surface area (Å²) >= 11 is 0. The van der Waals surface area contributed by atoms with Crippen molar-refractivity contribution in [1.82, 2.24) is 9.80 Å². The fraction of sp³-hybridized carbons (Fsp3) is 1.00. The number of hydrogen-bond acceptors (Lipinski definition) is 3. The van der Waals surface area contributed by atoms with Gasteiger partial charge in [-0.3, -0.25) is 4.90 Å². The zero-order chi connectivity index (χ0) is 12.7. The van der Waals surface area contributed by atoms with E-state index < -0.39 is 0 Å². The average Bonchev–Trinajstić information content (AvgIpc) is 2.46. The summed E-state index contributed by atoms with van der Waals surface area (Å²) < 4.78 is 0. The maximum absolute atomic E-state index is 5.98. The SMILES string of the molecule is CCCCCC(CN)N1CCCN(C)CC1C. The van der Waals surface area contributed by atoms with Crippen molar-refractivity contribution in [1.29, 1.82) is 0 Å². The lowest BCUT2D eigenvalue weighted by Crippen LogP contribution is -2.47. The zero-order valence-corrected chi connectivity index (χ0v) is 12.0. The smallest absolute Gasteiger partial charge is 0.0221 e. The first kappa shape index (κ1) is 14.9. The van der Waals surface area contributed by atoms with Gasteiger partial charge in [0.15, 0.2) is 0 Å². The summed E-state index contributed by atoms with van der Waals surface area (Å²) in [4.78, 5) is 5.10. The van der Waals surface area contributed by atoms with Crippen molar-refractivity contribution in [2.75, 3.05) is 33.2 Å². The lowest BCUT2D eigenvalue weighted by molar-refractivity contribution is 0.137. The van der Waals surface area contributed by atoms with Crippen LogP contribution >= 0.6 is 0 Å². The molecule has 1 heterocycles. The second-order valence-corrected chi connectivity index (χ2v) is 5.59. The maximum atomic E-state index is 5.98. The van der Waals surface area contributed by atoms with Gasteiger partial charge >= 0.3 is 0 Å². The van der Waals surface area contributed by atoms with Gasteiger partial charge in [-0.1, -0.05) is 26.2 Å². The van der Waals surface area contributed by atoms with Crippen molar-refractivity contribution in [3.05, 3.63) is 0 Å². The third kappa shape index (κ3) is 4.94. The maximum Gasteiger partial charge on any atom is 0.0221 e. The summed E-state index contributed by atoms with van der Waals surface area (Å²) in [7, 11) is 2.23. The predicted octanol–water partition coefficient (Wildman–Crippen LogP) is 1.92. The first-order valence-corrected chi connectivity index (χ1v) is 7.33. The van der Waals surface area contributed by atoms with Crippen LogP contribution in [0.2, 0.25) is 0 Å². The largest absolute Gasteiger partial charge is 0.329 e. The van der Waals surface area contributed by atoms with E-state index in [9.17, 15) is 0 Å². The monoisotopic (exact) mass is 241 g/mol. The van der Waals surface area contributed by atoms with Gasteiger partial charge in [-0.15, -0.1) is 0 Å². The molecule has 2 atom stereocenters. The van der Waals surface area contributed by atoms with Gasteiger partial charge in [0.1, 0.15) is 0 Å². The van der Waals surface area contributed by atoms with Crippen molar-refractivity contribution in [3.8, 4) is 0 Å². The lowest BCUT2D eigenvalue weighted by Gasteiger charge is -2.35. The molecule has 0 radical (unpaired) electrons. The van der Waals surface area contributed by atoms with Crippen molar-refractivity contribution in [2.45, 2.75) is 58.0 Å². The normalized spacial score (nSPS) is 25.8. The van der Waals surface area contributed by atoms with Gasteiger partial charge in [0.2, 0.25) is 0 Å². The van der Waals surface area contributed by atoms with Gasteiger partial charge in [0, 0.05) is 31.7 Å². The van der Waals surface area contributed by atoms with Crippen LogP contribution in [-0.4, -0.2) is 55.1 Å². The molecule has 0 aromatic heterocycles. The Morgan fingerprint density at radius 3 is 2.71 bits per heavy atom. The molecule has 1 aliphatic rings. The molecule has 17 heavy (non-hydrogen) atoms. The molecule has 0 amide bonds. The summed E-state index contributed by atoms with van der Waals surface area (Å²) in [6.45, 7) is 9.07. The van der Waals surface area contributed by atoms with Crippen molar-refractivity contribution in [2.24, 2.45) is 5.73 Å². The van der Waals surface area contributed by atoms with Crippen LogP contribution in [0.25, 0.3) is 0 Å². The Labute approximate surface area is 107 Å². The quantitative estimate of drug-likeness (QED) is 0.721. The van der Waals surface area contributed by atoms with Crippen LogP contribution in [-0.2, 0) is 0 Å². The first-order valence-electron chi connectivity index (χ1n) is 7.33. The third-order valence-electron chi connectivity index (χ3n) is 3.98. The molecule has 1 saturated heterocycles. The van der Waals surface area contributed by atoms with Crippen LogP contribution in [0.3, 0.4) is 0 Å². The molecule has 2 N–H and O–H groups in total. The van der Waals surface area contributed by atoms with Crippen LogP contribution in [0.15, 0.2) is 0 Å². The molecule has 0 spiro atoms. The average molecular weight is 241 g/mol. The number of likely N-dealkylation sites (N-methyl/N-ethyl adjacent to an activating group) is 1. The van der Waals surface area contributed by atoms with Crippen molar-refractivity contribution in [3.63, 3.8) is 0 Å². The Morgan fingerprint density at radius 1 is 1.29 bits per heavy atom. The van der Waals surface area contributed by atoms with Crippen LogP contribution in [0, 0.1) is 0 Å². The fourth-order valence-corrected chi connectivity index (χ4v) is 2.98. The molecular weight excluding hydrogens is 210 g/mol. The summed E-state index contributed by atoms with van der Waals surface area (Å²) in [6, 6.07) is 1.25. The van der Waals surface area contributed by atoms with Crippen molar-refractivity contribution >= 4 is 0 Å². The third-order valence-corrected chi connectivity index (χ3v) is 3.98. The molecule has 2 unspecified atom stereocenters. The molecular formula is C14H31N3. The van der Waals surface area contributed by atoms with Gasteiger partial charge in [-0.2, -0.15) is 0 Å². The van der Waals surface area contributed by atoms with Gasteiger partial charge < -0.3 is 10.6 Å². The summed E-state index contributed by atoms with van der Waals surface area (Å²) in [5.74, 6) is 0. The Morgan fingerprint density at radius 2 is 2.06 bits per heavy atom. The van der Waals surface area contributed by atoms with E-state index in [-0.39, 0.29) is 0 Å². The minimum absolute atomic E-state index is 0.600. The standard InChI is InChI=1S/C14H31N3/c1-4-5-6-8-14(11-15)17-10-7-9-16(3)12-13(17)2/h13-14H,4-12,15H2,1-3H3. The Balaban J connectivity index is 2.47. The van der Waals surface area contributed by atoms with Crippen LogP contribution in [0.4, 0.5) is 0 Å². The first-order chi connectivity index (χ1) is 8.19. The number of rotatable bonds is 6. The number of hydrogen-bond donors (Lipinski definition) is 1. The fourth-order valence-electron chi connectivity index (χ4n) is 2.98. The molecule has 3 heteroatoms. The Kier molecular flexibility index (Phi) is 7.09. The number of nitrogens with two attached hydrogens (primary N) is 1. The van der Waals surface area contributed by atoms with Crippen LogP contribution in [0.1, 0.15) is 46.0 Å². The molecule has 0 aromatic rings. The molecule has 0 aromatic carbocycles. The van der Waals surface area contributed by atoms with Crippen LogP contribution < -0.4 is 5.73 Å². The van der Waals surface area contributed by atoms with E-state index >= 15 is 0 Å². The Hall–Kier alpha value is -0.120. The van der Waals surface area contributed by atoms with E-state index in [4.69, 9.17) is 5.73 Å². The summed E-state index contributed by atoms with van der Waals surface area (Å²) in [5, 5.41) is 0. The molecule has 3 nitrogen and oxygen atoms in total. The van der Waals surface area contributed by atoms with Gasteiger partial charge in [-0.25, -0.2) is 0 Å². The minimum atomic E-state index is 0.600. The molecule has 1 fully saturated rings. The van der Waals surface area contributed by atoms with Gasteiger partial charge in [0.05, 0.1) is 0 Å². The van der Waals surface area contributed by atoms with E-state index in [2.05, 4.69) is 30.7 Å². The van der Waals surface area contributed by atoms with Crippen molar-refractivity contribution < 1.29 is 0 Å². The highest BCUT2D eigenvalue weighted by atomic mass is 15.2. The molecule has 0 aliphatic carbocycles. The molecule has 1 aliphatic heterocycles. The Bertz CT molecular complexity index is 196. The molecule has 0 bridgehead atoms. The van der Waals surface area contributed by atoms with E-state index in [1.54, 1.807) is 0 Å². The van der Waals surface area contributed by atoms with Crippen LogP contribution in [0.5, 0.6) is 0 Å². The second kappa shape index (κ2) is 8.06. The molecule has 1 rings (SSSR count). The second-order valence-electron chi connectivity index (χ2n) is 5.59. The highest BCUT2D eigenvalue weighted by molar-refractivity contribution is 4.82. The minimum Gasteiger partial charge on any atom is -0.329 e. The topological polar surface area (TPSA) is 32.5 Å². The predicted molar refractivity (Wildman–Crippen MR) is 75.3 cm³/mol. The lowest BCUT2D eigenvalue weighted by atomic mass is 10.0. The summed E-state index contributed by atoms with van der Waals surface area (Å²) in [6.07, 6.45) is 6.54. The van der Waals surface area contributed by atoms with Gasteiger partial charge in [0.25, 0.3) is 0 Å². The molecule has 102 valence electrons. The van der Waals surface area contributed by atoms with E-state index in [0.29, 0.717) is 12.1 Å². The molecule has 0 saturated carbocycles. The number of unbranched alkanes of at least 4 members (excludes halogenated alkanes) is 2. The highest BCUT2D eigenvalue weighted by Gasteiger charge is 2.25. The van der Waals surface area contributed by atoms with Gasteiger partial charge in [-0.05, 0) is 33.4 Å². The van der Waals surface area contributed by atoms with E-state index in [1.807, 2.05) is 0 Å². The summed E-state index contributed by atoms with van der Waals surface area (Å²) in [5.41, 5.74) is 5.98. The number of nitrogens with zero attached hydrogens (tertiary/aromatic N) is 2. The zero-order valence-electron chi connectivity index (χ0n) is 12.0. The van der Waals surface area contributed by atoms with E-state index in [0.717, 1.165) is 6.54 Å².